The summed E-state index contributed by atoms with van der Waals surface area (Å²) < 4.78 is 15.7. The third-order valence-electron chi connectivity index (χ3n) is 5.24. The van der Waals surface area contributed by atoms with Crippen LogP contribution in [0, 0.1) is 0 Å². The molecule has 146 valence electrons. The van der Waals surface area contributed by atoms with Gasteiger partial charge in [0.2, 0.25) is 0 Å². The molecule has 3 aromatic carbocycles. The van der Waals surface area contributed by atoms with Gasteiger partial charge in [0.25, 0.3) is 0 Å². The van der Waals surface area contributed by atoms with Gasteiger partial charge in [0.1, 0.15) is 17.2 Å². The van der Waals surface area contributed by atoms with Crippen LogP contribution in [0.25, 0.3) is 0 Å². The summed E-state index contributed by atoms with van der Waals surface area (Å²) in [5.74, 6) is 0.663. The molecular formula is C24H20O5. The number of ether oxygens (including phenoxy) is 3. The fourth-order valence-electron chi connectivity index (χ4n) is 3.38. The molecule has 5 nitrogen and oxygen atoms in total. The molecule has 0 aliphatic carbocycles. The monoisotopic (exact) mass is 388 g/mol. The molecule has 0 saturated carbocycles. The van der Waals surface area contributed by atoms with Crippen LogP contribution in [0.4, 0.5) is 0 Å². The number of hydrogen-bond donors (Lipinski definition) is 0. The number of rotatable bonds is 5. The Bertz CT molecular complexity index is 1080. The fourth-order valence-corrected chi connectivity index (χ4v) is 3.38. The molecule has 0 spiro atoms. The molecule has 4 rings (SSSR count). The van der Waals surface area contributed by atoms with E-state index in [1.165, 1.54) is 11.6 Å². The van der Waals surface area contributed by atoms with Crippen LogP contribution in [-0.4, -0.2) is 19.0 Å². The van der Waals surface area contributed by atoms with Crippen LogP contribution in [-0.2, 0) is 10.2 Å². The molecule has 0 radical (unpaired) electrons. The third-order valence-corrected chi connectivity index (χ3v) is 5.24. The molecule has 0 N–H and O–H groups in total. The van der Waals surface area contributed by atoms with Crippen molar-refractivity contribution in [1.29, 1.82) is 0 Å². The van der Waals surface area contributed by atoms with Crippen molar-refractivity contribution in [1.82, 2.24) is 0 Å². The largest absolute Gasteiger partial charge is 0.497 e. The molecule has 0 amide bonds. The molecule has 0 aromatic heterocycles. The minimum absolute atomic E-state index is 0.192. The summed E-state index contributed by atoms with van der Waals surface area (Å²) in [6.07, 6.45) is 0. The van der Waals surface area contributed by atoms with Crippen LogP contribution in [0.3, 0.4) is 0 Å². The van der Waals surface area contributed by atoms with E-state index in [4.69, 9.17) is 9.47 Å². The van der Waals surface area contributed by atoms with E-state index in [0.717, 1.165) is 11.3 Å². The van der Waals surface area contributed by atoms with Gasteiger partial charge in [-0.25, -0.2) is 9.59 Å². The lowest BCUT2D eigenvalue weighted by atomic mass is 9.78. The predicted molar refractivity (Wildman–Crippen MR) is 108 cm³/mol. The second kappa shape index (κ2) is 7.09. The van der Waals surface area contributed by atoms with Crippen LogP contribution in [0.5, 0.6) is 17.2 Å². The maximum Gasteiger partial charge on any atom is 0.347 e. The van der Waals surface area contributed by atoms with Gasteiger partial charge < -0.3 is 14.2 Å². The van der Waals surface area contributed by atoms with Crippen LogP contribution < -0.4 is 9.47 Å². The Morgan fingerprint density at radius 1 is 0.690 bits per heavy atom. The zero-order valence-corrected chi connectivity index (χ0v) is 16.4. The number of esters is 2. The summed E-state index contributed by atoms with van der Waals surface area (Å²) in [6, 6.07) is 20.6. The number of carbonyl (C=O) groups is 2. The summed E-state index contributed by atoms with van der Waals surface area (Å²) in [6.45, 7) is 4.32. The van der Waals surface area contributed by atoms with Gasteiger partial charge in [0.15, 0.2) is 0 Å². The fraction of sp³-hybridized carbons (Fsp3) is 0.167. The number of hydrogen-bond acceptors (Lipinski definition) is 5. The molecule has 3 aromatic rings. The van der Waals surface area contributed by atoms with E-state index >= 15 is 0 Å². The molecule has 0 atom stereocenters. The van der Waals surface area contributed by atoms with Crippen molar-refractivity contribution in [3.63, 3.8) is 0 Å². The van der Waals surface area contributed by atoms with Crippen LogP contribution in [0.1, 0.15) is 45.7 Å². The van der Waals surface area contributed by atoms with Gasteiger partial charge in [-0.15, -0.1) is 0 Å². The normalized spacial score (nSPS) is 13.1. The standard InChI is InChI=1S/C24H20O5/c1-24(2,15-4-8-17(27-3)9-5-15)16-6-10-18(11-7-16)28-19-12-13-20-21(14-19)23(26)29-22(20)25/h4-14H,1-3H3. The van der Waals surface area contributed by atoms with Gasteiger partial charge >= 0.3 is 11.9 Å². The van der Waals surface area contributed by atoms with Crippen molar-refractivity contribution in [2.24, 2.45) is 0 Å². The molecule has 0 unspecified atom stereocenters. The van der Waals surface area contributed by atoms with Crippen LogP contribution in [0.2, 0.25) is 0 Å². The molecule has 29 heavy (non-hydrogen) atoms. The lowest BCUT2D eigenvalue weighted by Gasteiger charge is -2.26. The molecule has 0 saturated heterocycles. The first-order valence-electron chi connectivity index (χ1n) is 9.22. The minimum atomic E-state index is -0.646. The topological polar surface area (TPSA) is 61.8 Å². The Hall–Kier alpha value is -3.60. The molecule has 0 fully saturated rings. The van der Waals surface area contributed by atoms with E-state index in [1.807, 2.05) is 36.4 Å². The van der Waals surface area contributed by atoms with Crippen molar-refractivity contribution in [3.8, 4) is 17.2 Å². The maximum absolute atomic E-state index is 11.7. The quantitative estimate of drug-likeness (QED) is 0.448. The van der Waals surface area contributed by atoms with Crippen LogP contribution >= 0.6 is 0 Å². The highest BCUT2D eigenvalue weighted by Gasteiger charge is 2.30. The Balaban J connectivity index is 1.54. The summed E-state index contributed by atoms with van der Waals surface area (Å²) in [4.78, 5) is 23.2. The maximum atomic E-state index is 11.7. The van der Waals surface area contributed by atoms with Gasteiger partial charge in [-0.3, -0.25) is 0 Å². The third kappa shape index (κ3) is 3.47. The summed E-state index contributed by atoms with van der Waals surface area (Å²) in [5, 5.41) is 0. The smallest absolute Gasteiger partial charge is 0.347 e. The van der Waals surface area contributed by atoms with E-state index in [2.05, 4.69) is 30.7 Å². The molecule has 5 heteroatoms. The Morgan fingerprint density at radius 3 is 1.79 bits per heavy atom. The Labute approximate surface area is 168 Å². The first-order valence-corrected chi connectivity index (χ1v) is 9.22. The average molecular weight is 388 g/mol. The highest BCUT2D eigenvalue weighted by Crippen LogP contribution is 2.34. The second-order valence-electron chi connectivity index (χ2n) is 7.36. The first-order chi connectivity index (χ1) is 13.9. The average Bonchev–Trinajstić information content (AvgIpc) is 3.01. The zero-order chi connectivity index (χ0) is 20.6. The lowest BCUT2D eigenvalue weighted by molar-refractivity contribution is 0.0443. The van der Waals surface area contributed by atoms with E-state index in [9.17, 15) is 9.59 Å². The van der Waals surface area contributed by atoms with Crippen molar-refractivity contribution in [2.75, 3.05) is 7.11 Å². The molecular weight excluding hydrogens is 368 g/mol. The molecule has 1 aliphatic heterocycles. The highest BCUT2D eigenvalue weighted by molar-refractivity contribution is 6.14. The molecule has 0 bridgehead atoms. The Morgan fingerprint density at radius 2 is 1.21 bits per heavy atom. The number of carbonyl (C=O) groups excluding carboxylic acids is 2. The van der Waals surface area contributed by atoms with E-state index in [-0.39, 0.29) is 16.5 Å². The predicted octanol–water partition coefficient (Wildman–Crippen LogP) is 5.12. The van der Waals surface area contributed by atoms with Gasteiger partial charge in [-0.2, -0.15) is 0 Å². The van der Waals surface area contributed by atoms with Crippen molar-refractivity contribution < 1.29 is 23.8 Å². The number of benzene rings is 3. The second-order valence-corrected chi connectivity index (χ2v) is 7.36. The molecule has 1 aliphatic rings. The van der Waals surface area contributed by atoms with Gasteiger partial charge in [0, 0.05) is 5.41 Å². The van der Waals surface area contributed by atoms with E-state index in [1.54, 1.807) is 19.2 Å². The van der Waals surface area contributed by atoms with E-state index in [0.29, 0.717) is 11.5 Å². The number of methoxy groups -OCH3 is 1. The van der Waals surface area contributed by atoms with E-state index < -0.39 is 11.9 Å². The summed E-state index contributed by atoms with van der Waals surface area (Å²) >= 11 is 0. The van der Waals surface area contributed by atoms with Crippen molar-refractivity contribution in [3.05, 3.63) is 89.0 Å². The van der Waals surface area contributed by atoms with Crippen molar-refractivity contribution in [2.45, 2.75) is 19.3 Å². The van der Waals surface area contributed by atoms with Gasteiger partial charge in [-0.05, 0) is 53.6 Å². The minimum Gasteiger partial charge on any atom is -0.497 e. The first kappa shape index (κ1) is 18.7. The van der Waals surface area contributed by atoms with Crippen molar-refractivity contribution >= 4 is 11.9 Å². The summed E-state index contributed by atoms with van der Waals surface area (Å²) in [5.41, 5.74) is 2.61. The summed E-state index contributed by atoms with van der Waals surface area (Å²) in [7, 11) is 1.65. The zero-order valence-electron chi connectivity index (χ0n) is 16.4. The number of cyclic esters (lactones) is 2. The van der Waals surface area contributed by atoms with Gasteiger partial charge in [-0.1, -0.05) is 38.1 Å². The lowest BCUT2D eigenvalue weighted by Crippen LogP contribution is -2.18. The highest BCUT2D eigenvalue weighted by atomic mass is 16.6. The molecule has 1 heterocycles. The number of fused-ring (bicyclic) bond motifs is 1. The van der Waals surface area contributed by atoms with Crippen LogP contribution in [0.15, 0.2) is 66.7 Å². The Kier molecular flexibility index (Phi) is 4.59. The van der Waals surface area contributed by atoms with Gasteiger partial charge in [0.05, 0.1) is 18.2 Å². The SMILES string of the molecule is COc1ccc(C(C)(C)c2ccc(Oc3ccc4c(c3)C(=O)OC4=O)cc2)cc1.